The Labute approximate surface area is 220 Å². The Morgan fingerprint density at radius 1 is 1.08 bits per heavy atom. The topological polar surface area (TPSA) is 54.9 Å². The van der Waals surface area contributed by atoms with Crippen LogP contribution in [-0.4, -0.2) is 67.9 Å². The summed E-state index contributed by atoms with van der Waals surface area (Å²) in [5.41, 5.74) is 3.83. The number of ether oxygens (including phenoxy) is 2. The first kappa shape index (κ1) is 26.3. The molecule has 6 nitrogen and oxygen atoms in total. The van der Waals surface area contributed by atoms with E-state index in [9.17, 15) is 4.79 Å². The number of aromatic nitrogens is 1. The van der Waals surface area contributed by atoms with Crippen LogP contribution in [0.25, 0.3) is 10.9 Å². The Morgan fingerprint density at radius 3 is 2.75 bits per heavy atom. The number of hydrogen-bond donors (Lipinski definition) is 0. The summed E-state index contributed by atoms with van der Waals surface area (Å²) in [7, 11) is 0. The van der Waals surface area contributed by atoms with Gasteiger partial charge < -0.3 is 14.4 Å². The molecule has 194 valence electrons. The van der Waals surface area contributed by atoms with Gasteiger partial charge in [-0.15, -0.1) is 11.8 Å². The number of fused-ring (bicyclic) bond motifs is 2. The lowest BCUT2D eigenvalue weighted by molar-refractivity contribution is -0.109. The second-order valence-corrected chi connectivity index (χ2v) is 10.3. The normalized spacial score (nSPS) is 17.5. The second kappa shape index (κ2) is 12.5. The number of aldehydes is 1. The fraction of sp³-hybridized carbons (Fsp3) is 0.448. The zero-order valence-corrected chi connectivity index (χ0v) is 21.1. The molecule has 0 N–H and O–H groups in total. The van der Waals surface area contributed by atoms with Crippen molar-refractivity contribution in [1.82, 2.24) is 9.88 Å². The van der Waals surface area contributed by atoms with Crippen LogP contribution in [0.5, 0.6) is 11.6 Å². The van der Waals surface area contributed by atoms with Gasteiger partial charge in [-0.1, -0.05) is 20.4 Å². The van der Waals surface area contributed by atoms with E-state index in [1.807, 2.05) is 36.0 Å². The molecular formula is C29H39N3O3S. The smallest absolute Gasteiger partial charge is 0.214 e. The number of anilines is 1. The molecule has 1 atom stereocenters. The van der Waals surface area contributed by atoms with Gasteiger partial charge in [0.05, 0.1) is 12.1 Å². The third-order valence-electron chi connectivity index (χ3n) is 6.81. The SMILES string of the molecule is C.CC1CSc2cccc(N3CCN(CCCCOc4ccc5ccc(OCC=O)nc5c4)CC3)c21.[HH]. The molecule has 0 saturated carbocycles. The fourth-order valence-electron chi connectivity index (χ4n) is 4.94. The van der Waals surface area contributed by atoms with Crippen LogP contribution in [0.15, 0.2) is 53.4 Å². The molecule has 2 aliphatic heterocycles. The quantitative estimate of drug-likeness (QED) is 0.250. The largest absolute Gasteiger partial charge is 0.494 e. The van der Waals surface area contributed by atoms with Gasteiger partial charge in [0, 0.05) is 61.5 Å². The Bertz CT molecular complexity index is 1170. The molecule has 1 aromatic heterocycles. The maximum absolute atomic E-state index is 10.5. The van der Waals surface area contributed by atoms with E-state index < -0.39 is 0 Å². The molecular weight excluding hydrogens is 470 g/mol. The molecule has 5 rings (SSSR count). The van der Waals surface area contributed by atoms with Gasteiger partial charge in [0.2, 0.25) is 5.88 Å². The summed E-state index contributed by atoms with van der Waals surface area (Å²) in [6.07, 6.45) is 2.87. The summed E-state index contributed by atoms with van der Waals surface area (Å²) in [4.78, 5) is 21.6. The fourth-order valence-corrected chi connectivity index (χ4v) is 6.17. The summed E-state index contributed by atoms with van der Waals surface area (Å²) in [5, 5.41) is 1.02. The Kier molecular flexibility index (Phi) is 9.10. The minimum Gasteiger partial charge on any atom is -0.494 e. The molecule has 1 saturated heterocycles. The molecule has 0 amide bonds. The van der Waals surface area contributed by atoms with Gasteiger partial charge >= 0.3 is 0 Å². The summed E-state index contributed by atoms with van der Waals surface area (Å²) in [6.45, 7) is 8.63. The monoisotopic (exact) mass is 509 g/mol. The molecule has 2 aromatic carbocycles. The molecule has 0 spiro atoms. The van der Waals surface area contributed by atoms with E-state index in [4.69, 9.17) is 9.47 Å². The van der Waals surface area contributed by atoms with Crippen molar-refractivity contribution in [3.63, 3.8) is 0 Å². The maximum Gasteiger partial charge on any atom is 0.214 e. The number of unbranched alkanes of at least 4 members (excludes halogenated alkanes) is 1. The van der Waals surface area contributed by atoms with Gasteiger partial charge in [-0.05, 0) is 61.2 Å². The number of piperazine rings is 1. The molecule has 1 fully saturated rings. The molecule has 3 aromatic rings. The molecule has 0 bridgehead atoms. The lowest BCUT2D eigenvalue weighted by Crippen LogP contribution is -2.47. The Hall–Kier alpha value is -2.77. The third-order valence-corrected chi connectivity index (χ3v) is 8.15. The molecule has 3 heterocycles. The number of carbonyl (C=O) groups is 1. The van der Waals surface area contributed by atoms with E-state index in [-0.39, 0.29) is 15.5 Å². The van der Waals surface area contributed by atoms with Crippen molar-refractivity contribution in [3.05, 3.63) is 54.1 Å². The van der Waals surface area contributed by atoms with Crippen molar-refractivity contribution in [2.75, 3.05) is 56.6 Å². The van der Waals surface area contributed by atoms with E-state index in [1.54, 1.807) is 11.6 Å². The zero-order valence-electron chi connectivity index (χ0n) is 20.3. The number of thioether (sulfide) groups is 1. The zero-order chi connectivity index (χ0) is 24.0. The lowest BCUT2D eigenvalue weighted by Gasteiger charge is -2.37. The summed E-state index contributed by atoms with van der Waals surface area (Å²) in [5.74, 6) is 3.13. The van der Waals surface area contributed by atoms with Crippen LogP contribution in [0, 0.1) is 0 Å². The van der Waals surface area contributed by atoms with Crippen molar-refractivity contribution >= 4 is 34.6 Å². The third kappa shape index (κ3) is 6.13. The number of carbonyl (C=O) groups excluding carboxylic acids is 1. The number of rotatable bonds is 10. The van der Waals surface area contributed by atoms with Crippen molar-refractivity contribution < 1.29 is 15.7 Å². The van der Waals surface area contributed by atoms with E-state index in [0.29, 0.717) is 18.4 Å². The van der Waals surface area contributed by atoms with Crippen LogP contribution in [0.4, 0.5) is 5.69 Å². The van der Waals surface area contributed by atoms with Gasteiger partial charge in [-0.2, -0.15) is 0 Å². The van der Waals surface area contributed by atoms with Crippen LogP contribution >= 0.6 is 11.8 Å². The summed E-state index contributed by atoms with van der Waals surface area (Å²) in [6, 6.07) is 16.4. The van der Waals surface area contributed by atoms with Crippen molar-refractivity contribution in [3.8, 4) is 11.6 Å². The average Bonchev–Trinajstić information content (AvgIpc) is 3.28. The van der Waals surface area contributed by atoms with Crippen LogP contribution < -0.4 is 14.4 Å². The average molecular weight is 510 g/mol. The number of nitrogens with zero attached hydrogens (tertiary/aromatic N) is 3. The lowest BCUT2D eigenvalue weighted by atomic mass is 10.00. The molecule has 1 unspecified atom stereocenters. The molecule has 36 heavy (non-hydrogen) atoms. The summed E-state index contributed by atoms with van der Waals surface area (Å²) < 4.78 is 11.3. The predicted molar refractivity (Wildman–Crippen MR) is 151 cm³/mol. The maximum atomic E-state index is 10.5. The van der Waals surface area contributed by atoms with E-state index in [0.717, 1.165) is 68.5 Å². The first-order valence-corrected chi connectivity index (χ1v) is 13.5. The Morgan fingerprint density at radius 2 is 1.92 bits per heavy atom. The Balaban J connectivity index is 0.00000190. The minimum absolute atomic E-state index is 0. The highest BCUT2D eigenvalue weighted by Gasteiger charge is 2.26. The minimum atomic E-state index is 0. The van der Waals surface area contributed by atoms with Crippen molar-refractivity contribution in [1.29, 1.82) is 0 Å². The van der Waals surface area contributed by atoms with E-state index in [1.165, 1.54) is 16.3 Å². The van der Waals surface area contributed by atoms with Crippen LogP contribution in [0.3, 0.4) is 0 Å². The van der Waals surface area contributed by atoms with Gasteiger partial charge in [-0.25, -0.2) is 4.98 Å². The highest BCUT2D eigenvalue weighted by atomic mass is 32.2. The molecule has 0 aliphatic carbocycles. The molecule has 2 aliphatic rings. The van der Waals surface area contributed by atoms with Gasteiger partial charge in [0.15, 0.2) is 6.29 Å². The van der Waals surface area contributed by atoms with Crippen molar-refractivity contribution in [2.45, 2.75) is 38.0 Å². The standard InChI is InChI=1S/C28H33N3O3S.CH4.H2/c1-21-20-35-26-6-4-5-25(28(21)26)31-14-12-30(13-15-31)11-2-3-17-33-23-9-7-22-8-10-27(34-18-16-32)29-24(22)19-23;;/h4-10,16,19,21H,2-3,11-15,17-18,20H2,1H3;1H4;1H. The summed E-state index contributed by atoms with van der Waals surface area (Å²) >= 11 is 2.00. The first-order chi connectivity index (χ1) is 17.2. The van der Waals surface area contributed by atoms with Gasteiger partial charge in [-0.3, -0.25) is 9.69 Å². The highest BCUT2D eigenvalue weighted by Crippen LogP contribution is 2.44. The van der Waals surface area contributed by atoms with E-state index >= 15 is 0 Å². The first-order valence-electron chi connectivity index (χ1n) is 12.5. The molecule has 7 heteroatoms. The predicted octanol–water partition coefficient (Wildman–Crippen LogP) is 5.89. The number of hydrogen-bond acceptors (Lipinski definition) is 7. The van der Waals surface area contributed by atoms with Crippen LogP contribution in [0.1, 0.15) is 40.1 Å². The highest BCUT2D eigenvalue weighted by molar-refractivity contribution is 7.99. The van der Waals surface area contributed by atoms with Gasteiger partial charge in [0.25, 0.3) is 0 Å². The van der Waals surface area contributed by atoms with E-state index in [2.05, 4.69) is 39.9 Å². The van der Waals surface area contributed by atoms with Crippen LogP contribution in [-0.2, 0) is 4.79 Å². The number of benzene rings is 2. The second-order valence-electron chi connectivity index (χ2n) is 9.27. The molecule has 0 radical (unpaired) electrons. The van der Waals surface area contributed by atoms with Crippen LogP contribution in [0.2, 0.25) is 0 Å². The van der Waals surface area contributed by atoms with Gasteiger partial charge in [0.1, 0.15) is 12.4 Å². The van der Waals surface area contributed by atoms with Crippen molar-refractivity contribution in [2.24, 2.45) is 0 Å². The number of pyridine rings is 1.